The van der Waals surface area contributed by atoms with Crippen LogP contribution in [-0.4, -0.2) is 11.2 Å². The molecule has 0 aromatic carbocycles. The molecule has 0 spiro atoms. The summed E-state index contributed by atoms with van der Waals surface area (Å²) in [5.74, 6) is 1.66. The molecule has 3 fully saturated rings. The van der Waals surface area contributed by atoms with Crippen LogP contribution in [0.4, 0.5) is 0 Å². The molecule has 1 saturated heterocycles. The van der Waals surface area contributed by atoms with E-state index < -0.39 is 0 Å². The maximum absolute atomic E-state index is 6.80. The molecule has 2 saturated carbocycles. The minimum atomic E-state index is 0.124. The van der Waals surface area contributed by atoms with E-state index >= 15 is 0 Å². The largest absolute Gasteiger partial charge is 0.369 e. The second-order valence-corrected chi connectivity index (χ2v) is 9.75. The number of ether oxygens (including phenoxy) is 1. The van der Waals surface area contributed by atoms with Crippen molar-refractivity contribution in [2.24, 2.45) is 22.7 Å². The Kier molecular flexibility index (Phi) is 3.57. The van der Waals surface area contributed by atoms with E-state index in [1.807, 2.05) is 0 Å². The lowest BCUT2D eigenvalue weighted by Crippen LogP contribution is -2.62. The van der Waals surface area contributed by atoms with Gasteiger partial charge in [0.2, 0.25) is 0 Å². The Hall–Kier alpha value is -0.0400. The van der Waals surface area contributed by atoms with Gasteiger partial charge in [-0.2, -0.15) is 0 Å². The Morgan fingerprint density at radius 2 is 1.52 bits per heavy atom. The van der Waals surface area contributed by atoms with Gasteiger partial charge in [-0.15, -0.1) is 0 Å². The van der Waals surface area contributed by atoms with Gasteiger partial charge < -0.3 is 4.74 Å². The first kappa shape index (κ1) is 15.8. The molecule has 122 valence electrons. The van der Waals surface area contributed by atoms with Crippen LogP contribution >= 0.6 is 0 Å². The molecule has 1 nitrogen and oxygen atoms in total. The third kappa shape index (κ3) is 2.30. The van der Waals surface area contributed by atoms with Crippen molar-refractivity contribution in [1.29, 1.82) is 0 Å². The SMILES string of the molecule is CC[C@@]1(C)CC[C@H]2[C@@](C)(CCC3C(C)(C)CCC[C@@]32C)O1. The van der Waals surface area contributed by atoms with Gasteiger partial charge in [0.05, 0.1) is 11.2 Å². The first-order chi connectivity index (χ1) is 9.65. The highest BCUT2D eigenvalue weighted by molar-refractivity contribution is 5.10. The van der Waals surface area contributed by atoms with E-state index in [0.29, 0.717) is 10.8 Å². The molecule has 1 unspecified atom stereocenters. The Morgan fingerprint density at radius 1 is 0.857 bits per heavy atom. The van der Waals surface area contributed by atoms with E-state index in [1.54, 1.807) is 0 Å². The molecule has 1 heteroatoms. The zero-order valence-electron chi connectivity index (χ0n) is 15.2. The second kappa shape index (κ2) is 4.73. The summed E-state index contributed by atoms with van der Waals surface area (Å²) in [6, 6.07) is 0. The lowest BCUT2D eigenvalue weighted by molar-refractivity contribution is -0.265. The molecule has 1 heterocycles. The van der Waals surface area contributed by atoms with Crippen molar-refractivity contribution in [2.45, 2.75) is 104 Å². The van der Waals surface area contributed by atoms with Gasteiger partial charge in [0.1, 0.15) is 0 Å². The fourth-order valence-corrected chi connectivity index (χ4v) is 6.68. The summed E-state index contributed by atoms with van der Waals surface area (Å²) in [7, 11) is 0. The van der Waals surface area contributed by atoms with Crippen LogP contribution in [-0.2, 0) is 4.74 Å². The second-order valence-electron chi connectivity index (χ2n) is 9.75. The van der Waals surface area contributed by atoms with Crippen LogP contribution in [0, 0.1) is 22.7 Å². The Bertz CT molecular complexity index is 414. The third-order valence-electron chi connectivity index (χ3n) is 7.93. The summed E-state index contributed by atoms with van der Waals surface area (Å²) in [5, 5.41) is 0. The van der Waals surface area contributed by atoms with Gasteiger partial charge in [0.15, 0.2) is 0 Å². The molecular weight excluding hydrogens is 256 g/mol. The van der Waals surface area contributed by atoms with Gasteiger partial charge >= 0.3 is 0 Å². The van der Waals surface area contributed by atoms with E-state index in [2.05, 4.69) is 41.5 Å². The molecule has 5 atom stereocenters. The normalized spacial score (nSPS) is 52.9. The zero-order chi connectivity index (χ0) is 15.5. The van der Waals surface area contributed by atoms with Crippen LogP contribution in [0.3, 0.4) is 0 Å². The Morgan fingerprint density at radius 3 is 2.19 bits per heavy atom. The van der Waals surface area contributed by atoms with Crippen molar-refractivity contribution in [1.82, 2.24) is 0 Å². The highest BCUT2D eigenvalue weighted by Crippen LogP contribution is 2.65. The van der Waals surface area contributed by atoms with Crippen LogP contribution in [0.25, 0.3) is 0 Å². The summed E-state index contributed by atoms with van der Waals surface area (Å²) in [5.41, 5.74) is 1.28. The van der Waals surface area contributed by atoms with Gasteiger partial charge in [-0.25, -0.2) is 0 Å². The Labute approximate surface area is 132 Å². The van der Waals surface area contributed by atoms with Crippen LogP contribution in [0.1, 0.15) is 92.9 Å². The van der Waals surface area contributed by atoms with E-state index in [1.165, 1.54) is 44.9 Å². The third-order valence-corrected chi connectivity index (χ3v) is 7.93. The molecule has 0 amide bonds. The van der Waals surface area contributed by atoms with E-state index in [4.69, 9.17) is 4.74 Å². The molecule has 0 aromatic rings. The molecular formula is C20H36O. The average Bonchev–Trinajstić information content (AvgIpc) is 2.36. The first-order valence-corrected chi connectivity index (χ1v) is 9.35. The topological polar surface area (TPSA) is 9.23 Å². The zero-order valence-corrected chi connectivity index (χ0v) is 15.2. The highest BCUT2D eigenvalue weighted by Gasteiger charge is 2.61. The van der Waals surface area contributed by atoms with Gasteiger partial charge in [0.25, 0.3) is 0 Å². The van der Waals surface area contributed by atoms with Crippen LogP contribution < -0.4 is 0 Å². The van der Waals surface area contributed by atoms with E-state index in [0.717, 1.165) is 18.3 Å². The molecule has 2 aliphatic carbocycles. The lowest BCUT2D eigenvalue weighted by atomic mass is 9.44. The van der Waals surface area contributed by atoms with Crippen molar-refractivity contribution in [3.05, 3.63) is 0 Å². The van der Waals surface area contributed by atoms with Gasteiger partial charge in [-0.1, -0.05) is 34.1 Å². The van der Waals surface area contributed by atoms with Crippen molar-refractivity contribution in [2.75, 3.05) is 0 Å². The maximum Gasteiger partial charge on any atom is 0.0695 e. The quantitative estimate of drug-likeness (QED) is 0.579. The smallest absolute Gasteiger partial charge is 0.0695 e. The molecule has 0 aromatic heterocycles. The summed E-state index contributed by atoms with van der Waals surface area (Å²) >= 11 is 0. The van der Waals surface area contributed by atoms with E-state index in [-0.39, 0.29) is 11.2 Å². The van der Waals surface area contributed by atoms with Crippen molar-refractivity contribution >= 4 is 0 Å². The van der Waals surface area contributed by atoms with Gasteiger partial charge in [0, 0.05) is 0 Å². The number of rotatable bonds is 1. The predicted molar refractivity (Wildman–Crippen MR) is 89.4 cm³/mol. The first-order valence-electron chi connectivity index (χ1n) is 9.35. The van der Waals surface area contributed by atoms with Gasteiger partial charge in [-0.05, 0) is 81.5 Å². The highest BCUT2D eigenvalue weighted by atomic mass is 16.5. The van der Waals surface area contributed by atoms with Crippen LogP contribution in [0.2, 0.25) is 0 Å². The van der Waals surface area contributed by atoms with Crippen molar-refractivity contribution in [3.63, 3.8) is 0 Å². The van der Waals surface area contributed by atoms with Crippen molar-refractivity contribution in [3.8, 4) is 0 Å². The lowest BCUT2D eigenvalue weighted by Gasteiger charge is -2.65. The fourth-order valence-electron chi connectivity index (χ4n) is 6.68. The minimum Gasteiger partial charge on any atom is -0.369 e. The fraction of sp³-hybridized carbons (Fsp3) is 1.00. The number of fused-ring (bicyclic) bond motifs is 3. The molecule has 21 heavy (non-hydrogen) atoms. The molecule has 3 rings (SSSR count). The molecule has 0 radical (unpaired) electrons. The number of hydrogen-bond donors (Lipinski definition) is 0. The Balaban J connectivity index is 1.93. The molecule has 1 aliphatic heterocycles. The maximum atomic E-state index is 6.80. The van der Waals surface area contributed by atoms with E-state index in [9.17, 15) is 0 Å². The van der Waals surface area contributed by atoms with Crippen LogP contribution in [0.5, 0.6) is 0 Å². The molecule has 0 N–H and O–H groups in total. The standard InChI is InChI=1S/C20H36O/c1-7-18(4)13-9-16-19(5)12-8-11-17(2,3)15(19)10-14-20(16,6)21-18/h15-16H,7-14H2,1-6H3/t15?,16-,18+,19+,20-/m1/s1. The summed E-state index contributed by atoms with van der Waals surface area (Å²) in [6.07, 6.45) is 10.7. The van der Waals surface area contributed by atoms with Gasteiger partial charge in [-0.3, -0.25) is 0 Å². The predicted octanol–water partition coefficient (Wildman–Crippen LogP) is 5.97. The molecule has 0 bridgehead atoms. The average molecular weight is 293 g/mol. The molecule has 3 aliphatic rings. The van der Waals surface area contributed by atoms with Crippen LogP contribution in [0.15, 0.2) is 0 Å². The van der Waals surface area contributed by atoms with Crippen molar-refractivity contribution < 1.29 is 4.74 Å². The summed E-state index contributed by atoms with van der Waals surface area (Å²) < 4.78 is 6.80. The summed E-state index contributed by atoms with van der Waals surface area (Å²) in [4.78, 5) is 0. The number of hydrogen-bond acceptors (Lipinski definition) is 1. The summed E-state index contributed by atoms with van der Waals surface area (Å²) in [6.45, 7) is 14.7. The minimum absolute atomic E-state index is 0.124. The monoisotopic (exact) mass is 292 g/mol.